The van der Waals surface area contributed by atoms with Gasteiger partial charge in [-0.2, -0.15) is 0 Å². The molecule has 0 saturated heterocycles. The Balaban J connectivity index is 3.98. The van der Waals surface area contributed by atoms with E-state index in [4.69, 9.17) is 14.2 Å². The van der Waals surface area contributed by atoms with Crippen molar-refractivity contribution in [3.63, 3.8) is 0 Å². The molecule has 0 rings (SSSR count). The van der Waals surface area contributed by atoms with Crippen molar-refractivity contribution in [2.24, 2.45) is 0 Å². The monoisotopic (exact) mass is 132 g/mol. The third kappa shape index (κ3) is 1.78. The predicted molar refractivity (Wildman–Crippen MR) is 34.0 cm³/mol. The second-order valence-electron chi connectivity index (χ2n) is 1.42. The van der Waals surface area contributed by atoms with Crippen LogP contribution in [0.5, 0.6) is 0 Å². The first-order valence-corrected chi connectivity index (χ1v) is 2.53. The number of hydrogen-bond donors (Lipinski definition) is 0. The van der Waals surface area contributed by atoms with Gasteiger partial charge in [-0.05, 0) is 6.08 Å². The lowest BCUT2D eigenvalue weighted by Gasteiger charge is -2.24. The average Bonchev–Trinajstić information content (AvgIpc) is 1.95. The fraction of sp³-hybridized carbons (Fsp3) is 0.667. The third-order valence-electron chi connectivity index (χ3n) is 1.10. The Morgan fingerprint density at radius 3 is 1.44 bits per heavy atom. The number of ether oxygens (including phenoxy) is 3. The van der Waals surface area contributed by atoms with Gasteiger partial charge in [0.25, 0.3) is 0 Å². The van der Waals surface area contributed by atoms with Gasteiger partial charge >= 0.3 is 5.97 Å². The van der Waals surface area contributed by atoms with Gasteiger partial charge in [-0.3, -0.25) is 0 Å². The van der Waals surface area contributed by atoms with Crippen molar-refractivity contribution in [3.8, 4) is 0 Å². The maximum Gasteiger partial charge on any atom is 0.303 e. The van der Waals surface area contributed by atoms with Crippen molar-refractivity contribution >= 4 is 0 Å². The molecule has 3 heteroatoms. The van der Waals surface area contributed by atoms with E-state index >= 15 is 0 Å². The lowest BCUT2D eigenvalue weighted by Crippen LogP contribution is -2.32. The van der Waals surface area contributed by atoms with Crippen LogP contribution in [0.1, 0.15) is 0 Å². The minimum atomic E-state index is -1.07. The predicted octanol–water partition coefficient (Wildman–Crippen LogP) is 0.765. The molecule has 9 heavy (non-hydrogen) atoms. The Morgan fingerprint density at radius 1 is 1.11 bits per heavy atom. The molecule has 3 nitrogen and oxygen atoms in total. The highest BCUT2D eigenvalue weighted by Crippen LogP contribution is 2.11. The van der Waals surface area contributed by atoms with E-state index in [-0.39, 0.29) is 0 Å². The van der Waals surface area contributed by atoms with Crippen LogP contribution in [-0.2, 0) is 14.2 Å². The van der Waals surface area contributed by atoms with E-state index in [1.54, 1.807) is 0 Å². The molecule has 0 aliphatic rings. The molecule has 0 unspecified atom stereocenters. The molecule has 0 atom stereocenters. The summed E-state index contributed by atoms with van der Waals surface area (Å²) < 4.78 is 14.5. The van der Waals surface area contributed by atoms with Crippen LogP contribution in [0, 0.1) is 0 Å². The van der Waals surface area contributed by atoms with Crippen LogP contribution in [-0.4, -0.2) is 27.3 Å². The molecule has 0 N–H and O–H groups in total. The van der Waals surface area contributed by atoms with E-state index in [1.807, 2.05) is 0 Å². The Hall–Kier alpha value is -0.380. The van der Waals surface area contributed by atoms with E-state index in [0.29, 0.717) is 0 Å². The standard InChI is InChI=1S/C6H12O3/c1-5-6(7-2,8-3)9-4/h5H,1H2,2-4H3. The second-order valence-corrected chi connectivity index (χ2v) is 1.42. The van der Waals surface area contributed by atoms with E-state index < -0.39 is 5.97 Å². The summed E-state index contributed by atoms with van der Waals surface area (Å²) in [7, 11) is 4.44. The van der Waals surface area contributed by atoms with E-state index in [0.717, 1.165) is 0 Å². The topological polar surface area (TPSA) is 27.7 Å². The summed E-state index contributed by atoms with van der Waals surface area (Å²) in [5, 5.41) is 0. The van der Waals surface area contributed by atoms with E-state index in [9.17, 15) is 0 Å². The molecular formula is C6H12O3. The molecule has 0 spiro atoms. The van der Waals surface area contributed by atoms with Gasteiger partial charge in [-0.1, -0.05) is 6.58 Å². The molecule has 0 aromatic carbocycles. The zero-order chi connectivity index (χ0) is 7.33. The average molecular weight is 132 g/mol. The van der Waals surface area contributed by atoms with Gasteiger partial charge in [-0.25, -0.2) is 0 Å². The zero-order valence-corrected chi connectivity index (χ0v) is 6.01. The van der Waals surface area contributed by atoms with Crippen LogP contribution in [0.2, 0.25) is 0 Å². The van der Waals surface area contributed by atoms with Gasteiger partial charge < -0.3 is 14.2 Å². The summed E-state index contributed by atoms with van der Waals surface area (Å²) in [6.07, 6.45) is 1.44. The fourth-order valence-electron chi connectivity index (χ4n) is 0.500. The van der Waals surface area contributed by atoms with E-state index in [2.05, 4.69) is 6.58 Å². The maximum absolute atomic E-state index is 4.82. The van der Waals surface area contributed by atoms with Gasteiger partial charge in [0.2, 0.25) is 0 Å². The smallest absolute Gasteiger partial charge is 0.303 e. The molecule has 0 aromatic rings. The van der Waals surface area contributed by atoms with Crippen molar-refractivity contribution in [1.82, 2.24) is 0 Å². The normalized spacial score (nSPS) is 11.4. The van der Waals surface area contributed by atoms with Crippen LogP contribution in [0.15, 0.2) is 12.7 Å². The molecule has 0 heterocycles. The molecule has 0 amide bonds. The molecule has 0 aliphatic heterocycles. The first-order chi connectivity index (χ1) is 4.24. The van der Waals surface area contributed by atoms with Crippen molar-refractivity contribution in [2.75, 3.05) is 21.3 Å². The minimum Gasteiger partial charge on any atom is -0.327 e. The highest BCUT2D eigenvalue weighted by Gasteiger charge is 2.23. The zero-order valence-electron chi connectivity index (χ0n) is 6.01. The summed E-state index contributed by atoms with van der Waals surface area (Å²) in [4.78, 5) is 0. The Labute approximate surface area is 55.2 Å². The van der Waals surface area contributed by atoms with Crippen LogP contribution >= 0.6 is 0 Å². The van der Waals surface area contributed by atoms with Gasteiger partial charge in [0.05, 0.1) is 0 Å². The van der Waals surface area contributed by atoms with Crippen molar-refractivity contribution < 1.29 is 14.2 Å². The maximum atomic E-state index is 4.82. The summed E-state index contributed by atoms with van der Waals surface area (Å²) in [6, 6.07) is 0. The van der Waals surface area contributed by atoms with Gasteiger partial charge in [0.1, 0.15) is 0 Å². The third-order valence-corrected chi connectivity index (χ3v) is 1.10. The second kappa shape index (κ2) is 3.61. The molecule has 0 aromatic heterocycles. The van der Waals surface area contributed by atoms with Crippen molar-refractivity contribution in [2.45, 2.75) is 5.97 Å². The number of rotatable bonds is 4. The SMILES string of the molecule is C=CC(OC)(OC)OC. The highest BCUT2D eigenvalue weighted by atomic mass is 16.9. The fourth-order valence-corrected chi connectivity index (χ4v) is 0.500. The lowest BCUT2D eigenvalue weighted by molar-refractivity contribution is -0.318. The number of methoxy groups -OCH3 is 3. The first kappa shape index (κ1) is 8.62. The Bertz CT molecular complexity index is 78.0. The molecule has 0 radical (unpaired) electrons. The minimum absolute atomic E-state index is 1.07. The van der Waals surface area contributed by atoms with Gasteiger partial charge in [-0.15, -0.1) is 0 Å². The summed E-state index contributed by atoms with van der Waals surface area (Å²) in [5.41, 5.74) is 0. The molecule has 0 saturated carbocycles. The quantitative estimate of drug-likeness (QED) is 0.417. The first-order valence-electron chi connectivity index (χ1n) is 2.53. The summed E-state index contributed by atoms with van der Waals surface area (Å²) >= 11 is 0. The van der Waals surface area contributed by atoms with E-state index in [1.165, 1.54) is 27.4 Å². The van der Waals surface area contributed by atoms with Gasteiger partial charge in [0.15, 0.2) is 0 Å². The highest BCUT2D eigenvalue weighted by molar-refractivity contribution is 4.79. The number of hydrogen-bond acceptors (Lipinski definition) is 3. The molecule has 0 bridgehead atoms. The Morgan fingerprint density at radius 2 is 1.44 bits per heavy atom. The largest absolute Gasteiger partial charge is 0.327 e. The van der Waals surface area contributed by atoms with Crippen molar-refractivity contribution in [3.05, 3.63) is 12.7 Å². The lowest BCUT2D eigenvalue weighted by atomic mass is 10.5. The van der Waals surface area contributed by atoms with Crippen LogP contribution < -0.4 is 0 Å². The molecule has 0 aliphatic carbocycles. The summed E-state index contributed by atoms with van der Waals surface area (Å²) in [5.74, 6) is -1.07. The molecule has 0 fully saturated rings. The molecule has 54 valence electrons. The summed E-state index contributed by atoms with van der Waals surface area (Å²) in [6.45, 7) is 3.47. The van der Waals surface area contributed by atoms with Crippen molar-refractivity contribution in [1.29, 1.82) is 0 Å². The Kier molecular flexibility index (Phi) is 3.46. The van der Waals surface area contributed by atoms with Gasteiger partial charge in [0, 0.05) is 21.3 Å². The molecular weight excluding hydrogens is 120 g/mol. The van der Waals surface area contributed by atoms with Crippen LogP contribution in [0.25, 0.3) is 0 Å². The van der Waals surface area contributed by atoms with Crippen LogP contribution in [0.3, 0.4) is 0 Å². The van der Waals surface area contributed by atoms with Crippen LogP contribution in [0.4, 0.5) is 0 Å².